The summed E-state index contributed by atoms with van der Waals surface area (Å²) in [4.78, 5) is 11.5. The Morgan fingerprint density at radius 3 is 2.53 bits per heavy atom. The topological polar surface area (TPSA) is 44.1 Å². The molecule has 0 aliphatic rings. The van der Waals surface area contributed by atoms with E-state index in [1.165, 1.54) is 0 Å². The van der Waals surface area contributed by atoms with Crippen LogP contribution in [0.15, 0.2) is 6.07 Å². The normalized spacial score (nSPS) is 11.5. The molecule has 1 rings (SSSR count). The first-order valence-electron chi connectivity index (χ1n) is 5.08. The fourth-order valence-electron chi connectivity index (χ4n) is 1.23. The molecule has 1 aromatic heterocycles. The molecule has 0 N–H and O–H groups in total. The summed E-state index contributed by atoms with van der Waals surface area (Å²) in [5, 5.41) is 4.30. The molecule has 15 heavy (non-hydrogen) atoms. The molecule has 0 unspecified atom stereocenters. The molecule has 0 bridgehead atoms. The summed E-state index contributed by atoms with van der Waals surface area (Å²) >= 11 is 0. The van der Waals surface area contributed by atoms with Gasteiger partial charge >= 0.3 is 5.97 Å². The zero-order chi connectivity index (χ0) is 11.6. The average molecular weight is 210 g/mol. The highest BCUT2D eigenvalue weighted by molar-refractivity contribution is 5.87. The van der Waals surface area contributed by atoms with Crippen molar-refractivity contribution < 1.29 is 9.53 Å². The van der Waals surface area contributed by atoms with Crippen molar-refractivity contribution in [3.05, 3.63) is 17.5 Å². The molecule has 0 aliphatic heterocycles. The van der Waals surface area contributed by atoms with E-state index < -0.39 is 0 Å². The number of carbonyl (C=O) groups is 1. The van der Waals surface area contributed by atoms with Gasteiger partial charge in [-0.05, 0) is 13.0 Å². The second-order valence-electron chi connectivity index (χ2n) is 4.51. The molecule has 4 nitrogen and oxygen atoms in total. The lowest BCUT2D eigenvalue weighted by Gasteiger charge is -2.13. The second-order valence-corrected chi connectivity index (χ2v) is 4.51. The van der Waals surface area contributed by atoms with Gasteiger partial charge in [0.05, 0.1) is 12.3 Å². The van der Waals surface area contributed by atoms with Crippen LogP contribution in [0, 0.1) is 0 Å². The molecule has 0 saturated heterocycles. The van der Waals surface area contributed by atoms with Crippen molar-refractivity contribution in [2.45, 2.75) is 33.1 Å². The van der Waals surface area contributed by atoms with Crippen LogP contribution in [0.4, 0.5) is 0 Å². The van der Waals surface area contributed by atoms with Gasteiger partial charge in [-0.2, -0.15) is 5.10 Å². The lowest BCUT2D eigenvalue weighted by Crippen LogP contribution is -2.12. The molecule has 0 aromatic carbocycles. The summed E-state index contributed by atoms with van der Waals surface area (Å²) in [7, 11) is 1.75. The van der Waals surface area contributed by atoms with Crippen molar-refractivity contribution in [1.82, 2.24) is 9.78 Å². The second kappa shape index (κ2) is 4.04. The third kappa shape index (κ3) is 2.58. The fourth-order valence-corrected chi connectivity index (χ4v) is 1.23. The molecule has 0 amide bonds. The first kappa shape index (κ1) is 11.8. The summed E-state index contributed by atoms with van der Waals surface area (Å²) in [5.41, 5.74) is 1.34. The molecular weight excluding hydrogens is 192 g/mol. The number of nitrogens with zero attached hydrogens (tertiary/aromatic N) is 2. The number of ether oxygens (including phenoxy) is 1. The summed E-state index contributed by atoms with van der Waals surface area (Å²) in [6.45, 7) is 8.35. The molecule has 0 fully saturated rings. The van der Waals surface area contributed by atoms with Gasteiger partial charge in [0.2, 0.25) is 0 Å². The number of carbonyl (C=O) groups excluding carboxylic acids is 1. The maximum absolute atomic E-state index is 11.5. The summed E-state index contributed by atoms with van der Waals surface area (Å²) < 4.78 is 6.50. The summed E-state index contributed by atoms with van der Waals surface area (Å²) in [6.07, 6.45) is 0. The molecule has 0 aliphatic carbocycles. The van der Waals surface area contributed by atoms with Crippen molar-refractivity contribution in [1.29, 1.82) is 0 Å². The number of esters is 1. The Balaban J connectivity index is 3.02. The highest BCUT2D eigenvalue weighted by atomic mass is 16.5. The van der Waals surface area contributed by atoms with E-state index in [9.17, 15) is 4.79 Å². The maximum atomic E-state index is 11.5. The first-order chi connectivity index (χ1) is 6.86. The van der Waals surface area contributed by atoms with Crippen molar-refractivity contribution in [2.75, 3.05) is 6.61 Å². The van der Waals surface area contributed by atoms with Crippen LogP contribution in [0.3, 0.4) is 0 Å². The molecule has 1 heterocycles. The number of aromatic nitrogens is 2. The van der Waals surface area contributed by atoms with Crippen molar-refractivity contribution in [3.8, 4) is 0 Å². The van der Waals surface area contributed by atoms with Crippen LogP contribution in [0.1, 0.15) is 43.9 Å². The van der Waals surface area contributed by atoms with Gasteiger partial charge in [-0.1, -0.05) is 20.8 Å². The SMILES string of the molecule is CCOC(=O)c1cc(C(C)(C)C)nn1C. The minimum absolute atomic E-state index is 0.0531. The first-order valence-corrected chi connectivity index (χ1v) is 5.08. The average Bonchev–Trinajstić information content (AvgIpc) is 2.47. The molecule has 0 spiro atoms. The van der Waals surface area contributed by atoms with Crippen molar-refractivity contribution in [3.63, 3.8) is 0 Å². The standard InChI is InChI=1S/C11H18N2O2/c1-6-15-10(14)8-7-9(11(2,3)4)12-13(8)5/h7H,6H2,1-5H3. The van der Waals surface area contributed by atoms with Gasteiger partial charge in [0.15, 0.2) is 0 Å². The fraction of sp³-hybridized carbons (Fsp3) is 0.636. The summed E-state index contributed by atoms with van der Waals surface area (Å²) in [6, 6.07) is 1.79. The third-order valence-corrected chi connectivity index (χ3v) is 2.13. The predicted molar refractivity (Wildman–Crippen MR) is 57.9 cm³/mol. The molecule has 84 valence electrons. The Morgan fingerprint density at radius 2 is 2.13 bits per heavy atom. The van der Waals surface area contributed by atoms with E-state index in [0.717, 1.165) is 5.69 Å². The van der Waals surface area contributed by atoms with Gasteiger partial charge in [-0.15, -0.1) is 0 Å². The largest absolute Gasteiger partial charge is 0.461 e. The minimum Gasteiger partial charge on any atom is -0.461 e. The Labute approximate surface area is 90.2 Å². The predicted octanol–water partition coefficient (Wildman–Crippen LogP) is 1.89. The lowest BCUT2D eigenvalue weighted by molar-refractivity contribution is 0.0513. The van der Waals surface area contributed by atoms with Crippen LogP contribution >= 0.6 is 0 Å². The van der Waals surface area contributed by atoms with Crippen LogP contribution in [-0.2, 0) is 17.2 Å². The molecule has 0 atom stereocenters. The van der Waals surface area contributed by atoms with Crippen LogP contribution in [-0.4, -0.2) is 22.4 Å². The van der Waals surface area contributed by atoms with Crippen LogP contribution in [0.25, 0.3) is 0 Å². The van der Waals surface area contributed by atoms with Crippen molar-refractivity contribution in [2.24, 2.45) is 7.05 Å². The molecular formula is C11H18N2O2. The maximum Gasteiger partial charge on any atom is 0.356 e. The number of aryl methyl sites for hydroxylation is 1. The Bertz CT molecular complexity index is 361. The van der Waals surface area contributed by atoms with Gasteiger partial charge < -0.3 is 4.74 Å². The number of rotatable bonds is 2. The van der Waals surface area contributed by atoms with E-state index >= 15 is 0 Å². The monoisotopic (exact) mass is 210 g/mol. The van der Waals surface area contributed by atoms with E-state index in [4.69, 9.17) is 4.74 Å². The Hall–Kier alpha value is -1.32. The lowest BCUT2D eigenvalue weighted by atomic mass is 9.92. The third-order valence-electron chi connectivity index (χ3n) is 2.13. The van der Waals surface area contributed by atoms with Gasteiger partial charge in [-0.25, -0.2) is 4.79 Å². The molecule has 0 radical (unpaired) electrons. The smallest absolute Gasteiger partial charge is 0.356 e. The van der Waals surface area contributed by atoms with E-state index in [-0.39, 0.29) is 11.4 Å². The van der Waals surface area contributed by atoms with Crippen LogP contribution < -0.4 is 0 Å². The Morgan fingerprint density at radius 1 is 1.53 bits per heavy atom. The van der Waals surface area contributed by atoms with E-state index in [0.29, 0.717) is 12.3 Å². The van der Waals surface area contributed by atoms with Gasteiger partial charge in [0.25, 0.3) is 0 Å². The molecule has 1 aromatic rings. The highest BCUT2D eigenvalue weighted by Crippen LogP contribution is 2.21. The van der Waals surface area contributed by atoms with Crippen LogP contribution in [0.2, 0.25) is 0 Å². The van der Waals surface area contributed by atoms with Crippen LogP contribution in [0.5, 0.6) is 0 Å². The van der Waals surface area contributed by atoms with E-state index in [2.05, 4.69) is 25.9 Å². The van der Waals surface area contributed by atoms with E-state index in [1.807, 2.05) is 0 Å². The number of hydrogen-bond donors (Lipinski definition) is 0. The van der Waals surface area contributed by atoms with Gasteiger partial charge in [-0.3, -0.25) is 4.68 Å². The number of hydrogen-bond acceptors (Lipinski definition) is 3. The van der Waals surface area contributed by atoms with Gasteiger partial charge in [0, 0.05) is 12.5 Å². The van der Waals surface area contributed by atoms with Gasteiger partial charge in [0.1, 0.15) is 5.69 Å². The zero-order valence-corrected chi connectivity index (χ0v) is 10.00. The van der Waals surface area contributed by atoms with Crippen molar-refractivity contribution >= 4 is 5.97 Å². The zero-order valence-electron chi connectivity index (χ0n) is 10.00. The Kier molecular flexibility index (Phi) is 3.17. The molecule has 0 saturated carbocycles. The van der Waals surface area contributed by atoms with E-state index in [1.54, 1.807) is 24.7 Å². The summed E-state index contributed by atoms with van der Waals surface area (Å²) in [5.74, 6) is -0.317. The highest BCUT2D eigenvalue weighted by Gasteiger charge is 2.21. The molecule has 4 heteroatoms. The quantitative estimate of drug-likeness (QED) is 0.700. The minimum atomic E-state index is -0.317.